The highest BCUT2D eigenvalue weighted by atomic mass is 28.3. The number of unbranched alkanes of at least 4 members (excludes halogenated alkanes) is 3. The Labute approximate surface area is 246 Å². The lowest BCUT2D eigenvalue weighted by Gasteiger charge is -2.37. The summed E-state index contributed by atoms with van der Waals surface area (Å²) in [4.78, 5) is 0. The molecule has 40 heavy (non-hydrogen) atoms. The summed E-state index contributed by atoms with van der Waals surface area (Å²) in [6, 6.07) is 29.3. The summed E-state index contributed by atoms with van der Waals surface area (Å²) in [5.41, 5.74) is 7.38. The first-order valence-electron chi connectivity index (χ1n) is 16.1. The highest BCUT2D eigenvalue weighted by molar-refractivity contribution is 7.15. The van der Waals surface area contributed by atoms with E-state index >= 15 is 0 Å². The van der Waals surface area contributed by atoms with Crippen molar-refractivity contribution >= 4 is 23.6 Å². The van der Waals surface area contributed by atoms with Crippen molar-refractivity contribution < 1.29 is 0 Å². The number of rotatable bonds is 15. The molecule has 0 aliphatic heterocycles. The van der Waals surface area contributed by atoms with Crippen LogP contribution in [0.1, 0.15) is 96.3 Å². The lowest BCUT2D eigenvalue weighted by atomic mass is 10.0. The first kappa shape index (κ1) is 30.3. The van der Waals surface area contributed by atoms with E-state index in [4.69, 9.17) is 0 Å². The molecule has 1 atom stereocenters. The Balaban J connectivity index is 1.91. The van der Waals surface area contributed by atoms with E-state index in [0.29, 0.717) is 5.92 Å². The van der Waals surface area contributed by atoms with Gasteiger partial charge in [-0.2, -0.15) is 0 Å². The van der Waals surface area contributed by atoms with E-state index < -0.39 is 8.07 Å². The molecule has 0 amide bonds. The fourth-order valence-corrected chi connectivity index (χ4v) is 10.9. The van der Waals surface area contributed by atoms with Gasteiger partial charge in [-0.05, 0) is 88.7 Å². The van der Waals surface area contributed by atoms with Crippen molar-refractivity contribution in [1.29, 1.82) is 0 Å². The predicted octanol–water partition coefficient (Wildman–Crippen LogP) is 8.84. The van der Waals surface area contributed by atoms with Crippen LogP contribution in [0.4, 0.5) is 0 Å². The van der Waals surface area contributed by atoms with Crippen molar-refractivity contribution in [2.75, 3.05) is 0 Å². The summed E-state index contributed by atoms with van der Waals surface area (Å²) in [5, 5.41) is 4.49. The Morgan fingerprint density at radius 1 is 0.525 bits per heavy atom. The van der Waals surface area contributed by atoms with Gasteiger partial charge in [0.05, 0.1) is 0 Å². The number of aryl methyl sites for hydroxylation is 3. The van der Waals surface area contributed by atoms with Crippen LogP contribution in [0.15, 0.2) is 96.6 Å². The highest BCUT2D eigenvalue weighted by Crippen LogP contribution is 2.32. The summed E-state index contributed by atoms with van der Waals surface area (Å²) in [5.74, 6) is 0.574. The lowest BCUT2D eigenvalue weighted by Crippen LogP contribution is -2.70. The molecular weight excluding hydrogens is 497 g/mol. The van der Waals surface area contributed by atoms with Crippen LogP contribution < -0.4 is 15.6 Å². The van der Waals surface area contributed by atoms with Crippen molar-refractivity contribution in [1.82, 2.24) is 0 Å². The minimum atomic E-state index is -2.50. The Morgan fingerprint density at radius 2 is 0.900 bits per heavy atom. The topological polar surface area (TPSA) is 0 Å². The van der Waals surface area contributed by atoms with Crippen LogP contribution in [0, 0.1) is 11.5 Å². The van der Waals surface area contributed by atoms with Gasteiger partial charge in [0.2, 0.25) is 0 Å². The molecule has 0 aromatic heterocycles. The zero-order valence-corrected chi connectivity index (χ0v) is 26.8. The Bertz CT molecular complexity index is 1100. The molecule has 1 aliphatic carbocycles. The van der Waals surface area contributed by atoms with Gasteiger partial charge in [-0.25, -0.2) is 0 Å². The standard InChI is InChI=1S/C39H51Si/c1-6-10-13-32-16-23-36(24-17-32)40(39-29-22-35(30-39)31(5)9-4,37-25-18-33(19-26-37)14-11-7-2)38-27-20-34(21-28-38)15-12-8-3/h16-31H,6-15H2,1-5H3. The Hall–Kier alpha value is -2.64. The van der Waals surface area contributed by atoms with E-state index in [0.717, 1.165) is 19.3 Å². The summed E-state index contributed by atoms with van der Waals surface area (Å²) < 4.78 is 0. The van der Waals surface area contributed by atoms with Crippen LogP contribution in [-0.4, -0.2) is 8.07 Å². The second kappa shape index (κ2) is 14.8. The van der Waals surface area contributed by atoms with Crippen molar-refractivity contribution in [2.45, 2.75) is 98.8 Å². The van der Waals surface area contributed by atoms with Crippen LogP contribution in [-0.2, 0) is 19.3 Å². The lowest BCUT2D eigenvalue weighted by molar-refractivity contribution is 0.672. The molecule has 0 N–H and O–H groups in total. The van der Waals surface area contributed by atoms with Crippen LogP contribution in [0.2, 0.25) is 0 Å². The van der Waals surface area contributed by atoms with E-state index in [1.54, 1.807) is 0 Å². The SMILES string of the molecule is CCCCc1ccc([Si]([C]2C=CC(C(C)CC)=C2)(c2ccc(CCCC)cc2)c2ccc(CCCC)cc2)cc1. The van der Waals surface area contributed by atoms with Gasteiger partial charge in [-0.3, -0.25) is 0 Å². The molecule has 0 spiro atoms. The number of hydrogen-bond acceptors (Lipinski definition) is 0. The average molecular weight is 548 g/mol. The first-order chi connectivity index (χ1) is 19.6. The minimum Gasteiger partial charge on any atom is -0.0750 e. The van der Waals surface area contributed by atoms with Crippen molar-refractivity contribution in [3.63, 3.8) is 0 Å². The summed E-state index contributed by atoms with van der Waals surface area (Å²) in [7, 11) is -2.50. The second-order valence-corrected chi connectivity index (χ2v) is 15.7. The highest BCUT2D eigenvalue weighted by Gasteiger charge is 2.46. The zero-order valence-electron chi connectivity index (χ0n) is 25.8. The third-order valence-corrected chi connectivity index (χ3v) is 13.8. The Kier molecular flexibility index (Phi) is 11.2. The maximum absolute atomic E-state index is 2.56. The molecule has 0 saturated heterocycles. The maximum Gasteiger partial charge on any atom is 0.162 e. The molecule has 1 unspecified atom stereocenters. The molecule has 0 saturated carbocycles. The molecule has 0 fully saturated rings. The molecule has 0 bridgehead atoms. The largest absolute Gasteiger partial charge is 0.162 e. The van der Waals surface area contributed by atoms with Gasteiger partial charge in [-0.1, -0.05) is 145 Å². The van der Waals surface area contributed by atoms with E-state index in [2.05, 4.69) is 126 Å². The summed E-state index contributed by atoms with van der Waals surface area (Å²) in [6.45, 7) is 11.5. The third-order valence-electron chi connectivity index (χ3n) is 9.01. The second-order valence-electron chi connectivity index (χ2n) is 11.9. The fraction of sp³-hybridized carbons (Fsp3) is 0.410. The zero-order chi connectivity index (χ0) is 28.4. The summed E-state index contributed by atoms with van der Waals surface area (Å²) in [6.07, 6.45) is 19.6. The molecular formula is C39H51Si. The summed E-state index contributed by atoms with van der Waals surface area (Å²) >= 11 is 0. The van der Waals surface area contributed by atoms with Crippen LogP contribution in [0.25, 0.3) is 0 Å². The molecule has 1 heteroatoms. The van der Waals surface area contributed by atoms with Crippen LogP contribution >= 0.6 is 0 Å². The van der Waals surface area contributed by atoms with E-state index in [1.807, 2.05) is 0 Å². The molecule has 1 radical (unpaired) electrons. The minimum absolute atomic E-state index is 0.574. The van der Waals surface area contributed by atoms with Gasteiger partial charge in [0.25, 0.3) is 0 Å². The normalized spacial score (nSPS) is 14.5. The smallest absolute Gasteiger partial charge is 0.0750 e. The van der Waals surface area contributed by atoms with Gasteiger partial charge in [0.15, 0.2) is 8.07 Å². The van der Waals surface area contributed by atoms with Gasteiger partial charge in [-0.15, -0.1) is 0 Å². The number of hydrogen-bond donors (Lipinski definition) is 0. The molecule has 1 aliphatic rings. The first-order valence-corrected chi connectivity index (χ1v) is 18.1. The quantitative estimate of drug-likeness (QED) is 0.132. The average Bonchev–Trinajstić information content (AvgIpc) is 3.50. The van der Waals surface area contributed by atoms with Crippen LogP contribution in [0.3, 0.4) is 0 Å². The third kappa shape index (κ3) is 6.80. The molecule has 0 heterocycles. The van der Waals surface area contributed by atoms with Gasteiger partial charge >= 0.3 is 0 Å². The maximum atomic E-state index is 2.56. The van der Waals surface area contributed by atoms with Crippen LogP contribution in [0.5, 0.6) is 0 Å². The molecule has 0 nitrogen and oxygen atoms in total. The molecule has 3 aromatic rings. The van der Waals surface area contributed by atoms with Gasteiger partial charge in [0.1, 0.15) is 0 Å². The van der Waals surface area contributed by atoms with Crippen molar-refractivity contribution in [2.24, 2.45) is 5.92 Å². The monoisotopic (exact) mass is 547 g/mol. The molecule has 3 aromatic carbocycles. The number of allylic oxidation sites excluding steroid dienone is 4. The molecule has 4 rings (SSSR count). The predicted molar refractivity (Wildman–Crippen MR) is 180 cm³/mol. The van der Waals surface area contributed by atoms with Gasteiger partial charge < -0.3 is 0 Å². The molecule has 211 valence electrons. The Morgan fingerprint density at radius 3 is 1.23 bits per heavy atom. The van der Waals surface area contributed by atoms with E-state index in [1.165, 1.54) is 88.3 Å². The fourth-order valence-electron chi connectivity index (χ4n) is 6.14. The van der Waals surface area contributed by atoms with Crippen molar-refractivity contribution in [3.05, 3.63) is 119 Å². The van der Waals surface area contributed by atoms with Gasteiger partial charge in [0, 0.05) is 5.54 Å². The van der Waals surface area contributed by atoms with Crippen molar-refractivity contribution in [3.8, 4) is 0 Å². The van der Waals surface area contributed by atoms with E-state index in [9.17, 15) is 0 Å². The number of benzene rings is 3. The van der Waals surface area contributed by atoms with E-state index in [-0.39, 0.29) is 0 Å².